The Morgan fingerprint density at radius 2 is 2.04 bits per heavy atom. The van der Waals surface area contributed by atoms with Crippen LogP contribution in [0.4, 0.5) is 4.39 Å². The number of benzene rings is 1. The molecule has 2 aromatic rings. The van der Waals surface area contributed by atoms with E-state index in [9.17, 15) is 19.1 Å². The normalized spacial score (nSPS) is 16.5. The molecule has 0 bridgehead atoms. The van der Waals surface area contributed by atoms with E-state index in [-0.39, 0.29) is 37.6 Å². The number of aliphatic carboxylic acids is 1. The SMILES string of the molecule is COc1cc(C(=O)N2CCC(C(=O)O)(n3cccn3)CC2)ccc1F. The number of methoxy groups -OCH3 is 1. The number of carboxylic acids is 1. The van der Waals surface area contributed by atoms with E-state index < -0.39 is 17.3 Å². The summed E-state index contributed by atoms with van der Waals surface area (Å²) in [6, 6.07) is 5.60. The Morgan fingerprint density at radius 3 is 2.60 bits per heavy atom. The molecule has 3 rings (SSSR count). The van der Waals surface area contributed by atoms with Gasteiger partial charge in [-0.1, -0.05) is 0 Å². The summed E-state index contributed by atoms with van der Waals surface area (Å²) in [5, 5.41) is 13.7. The zero-order chi connectivity index (χ0) is 18.0. The lowest BCUT2D eigenvalue weighted by atomic mass is 9.87. The number of nitrogens with zero attached hydrogens (tertiary/aromatic N) is 3. The van der Waals surface area contributed by atoms with Gasteiger partial charge in [-0.3, -0.25) is 9.48 Å². The molecule has 0 radical (unpaired) electrons. The van der Waals surface area contributed by atoms with Crippen molar-refractivity contribution in [3.05, 3.63) is 48.0 Å². The molecule has 1 aromatic heterocycles. The first-order valence-electron chi connectivity index (χ1n) is 7.84. The van der Waals surface area contributed by atoms with Gasteiger partial charge >= 0.3 is 5.97 Å². The number of halogens is 1. The van der Waals surface area contributed by atoms with E-state index in [4.69, 9.17) is 4.74 Å². The summed E-state index contributed by atoms with van der Waals surface area (Å²) in [7, 11) is 1.33. The zero-order valence-electron chi connectivity index (χ0n) is 13.7. The monoisotopic (exact) mass is 347 g/mol. The number of rotatable bonds is 4. The van der Waals surface area contributed by atoms with Crippen molar-refractivity contribution in [2.45, 2.75) is 18.4 Å². The molecule has 8 heteroatoms. The van der Waals surface area contributed by atoms with E-state index >= 15 is 0 Å². The third-order valence-corrected chi connectivity index (χ3v) is 4.62. The summed E-state index contributed by atoms with van der Waals surface area (Å²) in [6.07, 6.45) is 3.64. The second kappa shape index (κ2) is 6.54. The fourth-order valence-electron chi connectivity index (χ4n) is 3.12. The largest absolute Gasteiger partial charge is 0.494 e. The molecule has 1 aliphatic rings. The number of carboxylic acid groups (broad SMARTS) is 1. The second-order valence-electron chi connectivity index (χ2n) is 5.93. The van der Waals surface area contributed by atoms with E-state index in [0.29, 0.717) is 5.56 Å². The van der Waals surface area contributed by atoms with E-state index in [1.165, 1.54) is 36.2 Å². The van der Waals surface area contributed by atoms with Crippen molar-refractivity contribution in [1.82, 2.24) is 14.7 Å². The van der Waals surface area contributed by atoms with Crippen LogP contribution in [0.2, 0.25) is 0 Å². The van der Waals surface area contributed by atoms with Crippen molar-refractivity contribution in [2.24, 2.45) is 0 Å². The molecule has 0 spiro atoms. The molecular formula is C17H18FN3O4. The van der Waals surface area contributed by atoms with Gasteiger partial charge in [0.15, 0.2) is 17.1 Å². The number of ether oxygens (including phenoxy) is 1. The molecule has 2 heterocycles. The molecule has 0 unspecified atom stereocenters. The molecule has 0 saturated carbocycles. The number of aromatic nitrogens is 2. The number of carbonyl (C=O) groups is 2. The highest BCUT2D eigenvalue weighted by molar-refractivity contribution is 5.95. The lowest BCUT2D eigenvalue weighted by Crippen LogP contribution is -2.52. The van der Waals surface area contributed by atoms with Crippen molar-refractivity contribution >= 4 is 11.9 Å². The number of amides is 1. The van der Waals surface area contributed by atoms with Crippen molar-refractivity contribution in [3.63, 3.8) is 0 Å². The van der Waals surface area contributed by atoms with Gasteiger partial charge in [-0.05, 0) is 24.3 Å². The second-order valence-corrected chi connectivity index (χ2v) is 5.93. The molecule has 1 aliphatic heterocycles. The topological polar surface area (TPSA) is 84.7 Å². The summed E-state index contributed by atoms with van der Waals surface area (Å²) in [4.78, 5) is 26.0. The minimum Gasteiger partial charge on any atom is -0.494 e. The first kappa shape index (κ1) is 16.9. The average molecular weight is 347 g/mol. The van der Waals surface area contributed by atoms with Crippen LogP contribution in [0.25, 0.3) is 0 Å². The highest BCUT2D eigenvalue weighted by atomic mass is 19.1. The van der Waals surface area contributed by atoms with Gasteiger partial charge in [-0.2, -0.15) is 5.10 Å². The van der Waals surface area contributed by atoms with E-state index in [2.05, 4.69) is 5.10 Å². The molecule has 1 aromatic carbocycles. The quantitative estimate of drug-likeness (QED) is 0.911. The first-order chi connectivity index (χ1) is 12.0. The van der Waals surface area contributed by atoms with Crippen molar-refractivity contribution in [2.75, 3.05) is 20.2 Å². The van der Waals surface area contributed by atoms with Gasteiger partial charge in [-0.15, -0.1) is 0 Å². The fourth-order valence-corrected chi connectivity index (χ4v) is 3.12. The molecule has 1 amide bonds. The maximum atomic E-state index is 13.5. The number of hydrogen-bond donors (Lipinski definition) is 1. The Bertz CT molecular complexity index is 783. The zero-order valence-corrected chi connectivity index (χ0v) is 13.7. The smallest absolute Gasteiger partial charge is 0.331 e. The molecule has 132 valence electrons. The van der Waals surface area contributed by atoms with Crippen LogP contribution in [0.5, 0.6) is 5.75 Å². The lowest BCUT2D eigenvalue weighted by Gasteiger charge is -2.39. The minimum atomic E-state index is -1.15. The summed E-state index contributed by atoms with van der Waals surface area (Å²) in [6.45, 7) is 0.537. The Hall–Kier alpha value is -2.90. The molecule has 1 fully saturated rings. The van der Waals surface area contributed by atoms with Crippen molar-refractivity contribution < 1.29 is 23.8 Å². The molecule has 0 aliphatic carbocycles. The van der Waals surface area contributed by atoms with Crippen LogP contribution in [0, 0.1) is 5.82 Å². The van der Waals surface area contributed by atoms with Gasteiger partial charge in [-0.25, -0.2) is 9.18 Å². The van der Waals surface area contributed by atoms with Gasteiger partial charge < -0.3 is 14.7 Å². The maximum absolute atomic E-state index is 13.5. The highest BCUT2D eigenvalue weighted by Gasteiger charge is 2.44. The fraction of sp³-hybridized carbons (Fsp3) is 0.353. The van der Waals surface area contributed by atoms with Crippen LogP contribution in [-0.2, 0) is 10.3 Å². The molecule has 7 nitrogen and oxygen atoms in total. The van der Waals surface area contributed by atoms with Crippen LogP contribution < -0.4 is 4.74 Å². The molecular weight excluding hydrogens is 329 g/mol. The standard InChI is InChI=1S/C17H18FN3O4/c1-25-14-11-12(3-4-13(14)18)15(22)20-9-5-17(6-10-20,16(23)24)21-8-2-7-19-21/h2-4,7-8,11H,5-6,9-10H2,1H3,(H,23,24). The molecule has 0 atom stereocenters. The van der Waals surface area contributed by atoms with Gasteiger partial charge in [0, 0.05) is 43.9 Å². The Labute approximate surface area is 143 Å². The number of piperidine rings is 1. The molecule has 1 saturated heterocycles. The van der Waals surface area contributed by atoms with Crippen molar-refractivity contribution in [3.8, 4) is 5.75 Å². The van der Waals surface area contributed by atoms with Gasteiger partial charge in [0.2, 0.25) is 0 Å². The Morgan fingerprint density at radius 1 is 1.32 bits per heavy atom. The van der Waals surface area contributed by atoms with Crippen LogP contribution in [-0.4, -0.2) is 51.9 Å². The third kappa shape index (κ3) is 2.95. The van der Waals surface area contributed by atoms with Crippen molar-refractivity contribution in [1.29, 1.82) is 0 Å². The van der Waals surface area contributed by atoms with Gasteiger partial charge in [0.25, 0.3) is 5.91 Å². The summed E-state index contributed by atoms with van der Waals surface area (Å²) in [5.74, 6) is -1.79. The third-order valence-electron chi connectivity index (χ3n) is 4.62. The van der Waals surface area contributed by atoms with E-state index in [1.54, 1.807) is 17.2 Å². The summed E-state index contributed by atoms with van der Waals surface area (Å²) in [5.41, 5.74) is -0.846. The molecule has 1 N–H and O–H groups in total. The Kier molecular flexibility index (Phi) is 4.43. The minimum absolute atomic E-state index is 0.000664. The van der Waals surface area contributed by atoms with Crippen LogP contribution in [0.1, 0.15) is 23.2 Å². The van der Waals surface area contributed by atoms with Crippen LogP contribution in [0.15, 0.2) is 36.7 Å². The molecule has 25 heavy (non-hydrogen) atoms. The predicted molar refractivity (Wildman–Crippen MR) is 85.9 cm³/mol. The summed E-state index contributed by atoms with van der Waals surface area (Å²) < 4.78 is 19.8. The number of likely N-dealkylation sites (tertiary alicyclic amines) is 1. The van der Waals surface area contributed by atoms with E-state index in [0.717, 1.165) is 0 Å². The van der Waals surface area contributed by atoms with E-state index in [1.807, 2.05) is 0 Å². The lowest BCUT2D eigenvalue weighted by molar-refractivity contribution is -0.150. The highest BCUT2D eigenvalue weighted by Crippen LogP contribution is 2.31. The summed E-state index contributed by atoms with van der Waals surface area (Å²) >= 11 is 0. The maximum Gasteiger partial charge on any atom is 0.331 e. The average Bonchev–Trinajstić information content (AvgIpc) is 3.16. The Balaban J connectivity index is 1.77. The van der Waals surface area contributed by atoms with Crippen LogP contribution in [0.3, 0.4) is 0 Å². The van der Waals surface area contributed by atoms with Crippen LogP contribution >= 0.6 is 0 Å². The van der Waals surface area contributed by atoms with Gasteiger partial charge in [0.05, 0.1) is 7.11 Å². The number of carbonyl (C=O) groups excluding carboxylic acids is 1. The van der Waals surface area contributed by atoms with Gasteiger partial charge in [0.1, 0.15) is 0 Å². The number of hydrogen-bond acceptors (Lipinski definition) is 4. The first-order valence-corrected chi connectivity index (χ1v) is 7.84. The predicted octanol–water partition coefficient (Wildman–Crippen LogP) is 1.75.